The standard InChI is InChI=1S/C9H7NO3/c11-10(12)7-3-1-2-5-6(7)4-8-9(5)13-8/h1-3,8-9H,4H2. The molecular formula is C9H7NO3. The smallest absolute Gasteiger partial charge is 0.273 e. The zero-order chi connectivity index (χ0) is 9.00. The fourth-order valence-corrected chi connectivity index (χ4v) is 2.02. The van der Waals surface area contributed by atoms with Crippen molar-refractivity contribution in [1.29, 1.82) is 0 Å². The Morgan fingerprint density at radius 3 is 3.15 bits per heavy atom. The van der Waals surface area contributed by atoms with E-state index in [1.807, 2.05) is 6.07 Å². The van der Waals surface area contributed by atoms with Crippen molar-refractivity contribution in [1.82, 2.24) is 0 Å². The van der Waals surface area contributed by atoms with Crippen molar-refractivity contribution in [3.63, 3.8) is 0 Å². The van der Waals surface area contributed by atoms with Crippen LogP contribution >= 0.6 is 0 Å². The summed E-state index contributed by atoms with van der Waals surface area (Å²) < 4.78 is 5.29. The van der Waals surface area contributed by atoms with Crippen LogP contribution in [0.2, 0.25) is 0 Å². The highest BCUT2D eigenvalue weighted by molar-refractivity contribution is 5.52. The molecule has 0 saturated carbocycles. The zero-order valence-electron chi connectivity index (χ0n) is 6.77. The molecule has 0 bridgehead atoms. The normalized spacial score (nSPS) is 28.0. The maximum absolute atomic E-state index is 10.6. The number of rotatable bonds is 1. The topological polar surface area (TPSA) is 55.7 Å². The van der Waals surface area contributed by atoms with Gasteiger partial charge in [0.15, 0.2) is 0 Å². The van der Waals surface area contributed by atoms with E-state index in [9.17, 15) is 10.1 Å². The van der Waals surface area contributed by atoms with E-state index in [2.05, 4.69) is 0 Å². The summed E-state index contributed by atoms with van der Waals surface area (Å²) in [5.41, 5.74) is 2.13. The Morgan fingerprint density at radius 1 is 1.54 bits per heavy atom. The molecule has 4 nitrogen and oxygen atoms in total. The molecule has 2 atom stereocenters. The van der Waals surface area contributed by atoms with E-state index in [-0.39, 0.29) is 22.8 Å². The second-order valence-corrected chi connectivity index (χ2v) is 3.40. The molecule has 2 unspecified atom stereocenters. The Morgan fingerprint density at radius 2 is 2.38 bits per heavy atom. The number of hydrogen-bond donors (Lipinski definition) is 0. The van der Waals surface area contributed by atoms with Gasteiger partial charge in [-0.2, -0.15) is 0 Å². The summed E-state index contributed by atoms with van der Waals surface area (Å²) in [4.78, 5) is 10.3. The van der Waals surface area contributed by atoms with Gasteiger partial charge < -0.3 is 4.74 Å². The van der Waals surface area contributed by atoms with Crippen molar-refractivity contribution in [2.45, 2.75) is 18.6 Å². The van der Waals surface area contributed by atoms with Gasteiger partial charge in [0.1, 0.15) is 6.10 Å². The van der Waals surface area contributed by atoms with Crippen LogP contribution in [0, 0.1) is 10.1 Å². The molecule has 3 rings (SSSR count). The van der Waals surface area contributed by atoms with Crippen LogP contribution in [0.5, 0.6) is 0 Å². The van der Waals surface area contributed by atoms with Gasteiger partial charge in [-0.05, 0) is 5.56 Å². The molecule has 1 aliphatic carbocycles. The van der Waals surface area contributed by atoms with Crippen LogP contribution < -0.4 is 0 Å². The maximum Gasteiger partial charge on any atom is 0.273 e. The molecule has 0 radical (unpaired) electrons. The molecule has 0 aromatic heterocycles. The molecule has 1 saturated heterocycles. The number of benzene rings is 1. The molecular weight excluding hydrogens is 170 g/mol. The lowest BCUT2D eigenvalue weighted by Gasteiger charge is -2.01. The van der Waals surface area contributed by atoms with Crippen LogP contribution in [-0.4, -0.2) is 11.0 Å². The number of nitrogens with zero attached hydrogens (tertiary/aromatic N) is 1. The summed E-state index contributed by atoms with van der Waals surface area (Å²) in [6.07, 6.45) is 1.07. The number of nitro groups is 1. The van der Waals surface area contributed by atoms with Crippen LogP contribution in [-0.2, 0) is 11.2 Å². The lowest BCUT2D eigenvalue weighted by molar-refractivity contribution is -0.385. The van der Waals surface area contributed by atoms with Gasteiger partial charge in [0.05, 0.1) is 11.0 Å². The molecule has 13 heavy (non-hydrogen) atoms. The molecule has 1 aromatic carbocycles. The average molecular weight is 177 g/mol. The average Bonchev–Trinajstić information content (AvgIpc) is 2.78. The van der Waals surface area contributed by atoms with Gasteiger partial charge in [-0.3, -0.25) is 10.1 Å². The van der Waals surface area contributed by atoms with Crippen LogP contribution in [0.25, 0.3) is 0 Å². The number of epoxide rings is 1. The van der Waals surface area contributed by atoms with E-state index in [0.717, 1.165) is 11.1 Å². The summed E-state index contributed by atoms with van der Waals surface area (Å²) in [5, 5.41) is 10.6. The van der Waals surface area contributed by atoms with Crippen LogP contribution in [0.1, 0.15) is 17.2 Å². The summed E-state index contributed by atoms with van der Waals surface area (Å²) in [5.74, 6) is 0. The number of nitro benzene ring substituents is 1. The van der Waals surface area contributed by atoms with E-state index in [1.165, 1.54) is 0 Å². The minimum Gasteiger partial charge on any atom is -0.364 e. The predicted octanol–water partition coefficient (Wildman–Crippen LogP) is 1.59. The molecule has 1 aromatic rings. The van der Waals surface area contributed by atoms with Crippen molar-refractivity contribution in [3.8, 4) is 0 Å². The first-order valence-corrected chi connectivity index (χ1v) is 4.19. The Bertz CT molecular complexity index is 402. The third kappa shape index (κ3) is 0.833. The second kappa shape index (κ2) is 2.09. The fourth-order valence-electron chi connectivity index (χ4n) is 2.02. The fraction of sp³-hybridized carbons (Fsp3) is 0.333. The third-order valence-electron chi connectivity index (χ3n) is 2.68. The third-order valence-corrected chi connectivity index (χ3v) is 2.68. The van der Waals surface area contributed by atoms with Crippen LogP contribution in [0.3, 0.4) is 0 Å². The Balaban J connectivity index is 2.19. The van der Waals surface area contributed by atoms with E-state index in [0.29, 0.717) is 6.42 Å². The summed E-state index contributed by atoms with van der Waals surface area (Å²) in [6, 6.07) is 5.20. The van der Waals surface area contributed by atoms with Gasteiger partial charge in [-0.15, -0.1) is 0 Å². The Labute approximate surface area is 74.3 Å². The lowest BCUT2D eigenvalue weighted by Crippen LogP contribution is -1.97. The highest BCUT2D eigenvalue weighted by atomic mass is 16.6. The molecule has 0 spiro atoms. The predicted molar refractivity (Wildman–Crippen MR) is 44.4 cm³/mol. The highest BCUT2D eigenvalue weighted by Crippen LogP contribution is 2.50. The summed E-state index contributed by atoms with van der Waals surface area (Å²) in [6.45, 7) is 0. The summed E-state index contributed by atoms with van der Waals surface area (Å²) in [7, 11) is 0. The minimum atomic E-state index is -0.316. The molecule has 0 amide bonds. The number of ether oxygens (including phenoxy) is 1. The first-order valence-electron chi connectivity index (χ1n) is 4.19. The number of fused-ring (bicyclic) bond motifs is 3. The molecule has 0 N–H and O–H groups in total. The van der Waals surface area contributed by atoms with Crippen molar-refractivity contribution < 1.29 is 9.66 Å². The molecule has 66 valence electrons. The number of hydrogen-bond acceptors (Lipinski definition) is 3. The minimum absolute atomic E-state index is 0.148. The first-order chi connectivity index (χ1) is 6.27. The van der Waals surface area contributed by atoms with Crippen LogP contribution in [0.15, 0.2) is 18.2 Å². The second-order valence-electron chi connectivity index (χ2n) is 3.40. The van der Waals surface area contributed by atoms with Gasteiger partial charge in [0, 0.05) is 18.1 Å². The first kappa shape index (κ1) is 7.03. The quantitative estimate of drug-likeness (QED) is 0.372. The van der Waals surface area contributed by atoms with E-state index in [1.54, 1.807) is 12.1 Å². The molecule has 1 heterocycles. The SMILES string of the molecule is O=[N+]([O-])c1cccc2c1CC1OC21. The molecule has 2 aliphatic rings. The molecule has 4 heteroatoms. The van der Waals surface area contributed by atoms with Crippen LogP contribution in [0.4, 0.5) is 5.69 Å². The Kier molecular flexibility index (Phi) is 1.13. The lowest BCUT2D eigenvalue weighted by atomic mass is 10.1. The Hall–Kier alpha value is -1.42. The van der Waals surface area contributed by atoms with Gasteiger partial charge in [0.25, 0.3) is 5.69 Å². The van der Waals surface area contributed by atoms with Crippen molar-refractivity contribution in [3.05, 3.63) is 39.4 Å². The van der Waals surface area contributed by atoms with Crippen molar-refractivity contribution in [2.75, 3.05) is 0 Å². The van der Waals surface area contributed by atoms with E-state index >= 15 is 0 Å². The maximum atomic E-state index is 10.6. The zero-order valence-corrected chi connectivity index (χ0v) is 6.77. The van der Waals surface area contributed by atoms with E-state index in [4.69, 9.17) is 4.74 Å². The molecule has 1 fully saturated rings. The summed E-state index contributed by atoms with van der Waals surface area (Å²) >= 11 is 0. The van der Waals surface area contributed by atoms with Gasteiger partial charge in [-0.1, -0.05) is 12.1 Å². The highest BCUT2D eigenvalue weighted by Gasteiger charge is 2.49. The van der Waals surface area contributed by atoms with Crippen molar-refractivity contribution >= 4 is 5.69 Å². The van der Waals surface area contributed by atoms with Gasteiger partial charge in [0.2, 0.25) is 0 Å². The van der Waals surface area contributed by atoms with Gasteiger partial charge >= 0.3 is 0 Å². The monoisotopic (exact) mass is 177 g/mol. The molecule has 1 aliphatic heterocycles. The van der Waals surface area contributed by atoms with Crippen molar-refractivity contribution in [2.24, 2.45) is 0 Å². The largest absolute Gasteiger partial charge is 0.364 e. The van der Waals surface area contributed by atoms with Gasteiger partial charge in [-0.25, -0.2) is 0 Å². The van der Waals surface area contributed by atoms with E-state index < -0.39 is 0 Å².